The summed E-state index contributed by atoms with van der Waals surface area (Å²) in [5.41, 5.74) is 8.58. The fourth-order valence-corrected chi connectivity index (χ4v) is 2.51. The van der Waals surface area contributed by atoms with Crippen LogP contribution in [-0.2, 0) is 0 Å². The lowest BCUT2D eigenvalue weighted by Gasteiger charge is -2.19. The van der Waals surface area contributed by atoms with Crippen LogP contribution >= 0.6 is 0 Å². The van der Waals surface area contributed by atoms with Crippen LogP contribution in [0.4, 0.5) is 0 Å². The molecule has 4 heteroatoms. The number of likely N-dealkylation sites (tertiary alicyclic amines) is 1. The Morgan fingerprint density at radius 1 is 1.28 bits per heavy atom. The fraction of sp³-hybridized carbons (Fsp3) is 0.571. The molecule has 0 aliphatic carbocycles. The van der Waals surface area contributed by atoms with Crippen LogP contribution < -0.4 is 5.73 Å². The highest BCUT2D eigenvalue weighted by atomic mass is 16.3. The van der Waals surface area contributed by atoms with Crippen molar-refractivity contribution in [3.05, 3.63) is 35.4 Å². The summed E-state index contributed by atoms with van der Waals surface area (Å²) in [6.45, 7) is 3.96. The summed E-state index contributed by atoms with van der Waals surface area (Å²) >= 11 is 0. The summed E-state index contributed by atoms with van der Waals surface area (Å²) in [5.74, 6) is 0. The quantitative estimate of drug-likeness (QED) is 0.724. The van der Waals surface area contributed by atoms with Crippen LogP contribution in [0.1, 0.15) is 23.6 Å². The van der Waals surface area contributed by atoms with Gasteiger partial charge < -0.3 is 15.9 Å². The van der Waals surface area contributed by atoms with Gasteiger partial charge in [-0.1, -0.05) is 24.3 Å². The maximum absolute atomic E-state index is 9.47. The number of nitrogens with two attached hydrogens (primary N) is 1. The molecule has 0 saturated carbocycles. The Morgan fingerprint density at radius 2 is 1.89 bits per heavy atom. The lowest BCUT2D eigenvalue weighted by Crippen LogP contribution is -2.26. The zero-order valence-electron chi connectivity index (χ0n) is 10.8. The predicted molar refractivity (Wildman–Crippen MR) is 71.2 cm³/mol. The van der Waals surface area contributed by atoms with Gasteiger partial charge in [-0.2, -0.15) is 0 Å². The molecule has 1 saturated heterocycles. The first-order valence-electron chi connectivity index (χ1n) is 6.47. The van der Waals surface area contributed by atoms with E-state index in [4.69, 9.17) is 5.73 Å². The number of β-amino-alcohol motifs (C(OH)–C–C–N with tert-alkyl or cyclic N) is 2. The van der Waals surface area contributed by atoms with Gasteiger partial charge in [0.05, 0.1) is 12.2 Å². The van der Waals surface area contributed by atoms with Crippen LogP contribution in [-0.4, -0.2) is 47.0 Å². The van der Waals surface area contributed by atoms with Crippen molar-refractivity contribution in [2.75, 3.05) is 19.6 Å². The lowest BCUT2D eigenvalue weighted by atomic mass is 9.99. The van der Waals surface area contributed by atoms with Crippen molar-refractivity contribution < 1.29 is 10.2 Å². The Kier molecular flexibility index (Phi) is 4.35. The molecule has 2 rings (SSSR count). The van der Waals surface area contributed by atoms with Crippen molar-refractivity contribution in [2.45, 2.75) is 31.6 Å². The van der Waals surface area contributed by atoms with E-state index in [1.165, 1.54) is 11.1 Å². The maximum atomic E-state index is 9.47. The minimum Gasteiger partial charge on any atom is -0.389 e. The summed E-state index contributed by atoms with van der Waals surface area (Å²) in [6, 6.07) is 8.16. The highest BCUT2D eigenvalue weighted by molar-refractivity contribution is 5.28. The molecule has 18 heavy (non-hydrogen) atoms. The first-order valence-corrected chi connectivity index (χ1v) is 6.47. The lowest BCUT2D eigenvalue weighted by molar-refractivity contribution is 0.0572. The highest BCUT2D eigenvalue weighted by Crippen LogP contribution is 2.19. The summed E-state index contributed by atoms with van der Waals surface area (Å²) in [4.78, 5) is 2.06. The summed E-state index contributed by atoms with van der Waals surface area (Å²) < 4.78 is 0. The van der Waals surface area contributed by atoms with Gasteiger partial charge >= 0.3 is 0 Å². The van der Waals surface area contributed by atoms with Gasteiger partial charge in [0.1, 0.15) is 0 Å². The Balaban J connectivity index is 1.86. The van der Waals surface area contributed by atoms with E-state index >= 15 is 0 Å². The summed E-state index contributed by atoms with van der Waals surface area (Å²) in [6.07, 6.45) is -0.385. The van der Waals surface area contributed by atoms with Gasteiger partial charge in [-0.05, 0) is 24.5 Å². The van der Waals surface area contributed by atoms with Crippen molar-refractivity contribution in [1.82, 2.24) is 4.90 Å². The first-order chi connectivity index (χ1) is 8.58. The number of aliphatic hydroxyl groups excluding tert-OH is 2. The van der Waals surface area contributed by atoms with Crippen molar-refractivity contribution in [1.29, 1.82) is 0 Å². The van der Waals surface area contributed by atoms with Crippen LogP contribution in [0.5, 0.6) is 0 Å². The third-order valence-corrected chi connectivity index (χ3v) is 3.68. The average Bonchev–Trinajstić information content (AvgIpc) is 2.66. The molecule has 0 spiro atoms. The van der Waals surface area contributed by atoms with Gasteiger partial charge in [-0.25, -0.2) is 0 Å². The van der Waals surface area contributed by atoms with Gasteiger partial charge in [0.15, 0.2) is 0 Å². The molecule has 0 radical (unpaired) electrons. The molecule has 1 aliphatic heterocycles. The normalized spacial score (nSPS) is 26.4. The molecule has 3 atom stereocenters. The molecule has 4 nitrogen and oxygen atoms in total. The Labute approximate surface area is 108 Å². The molecule has 0 amide bonds. The average molecular weight is 250 g/mol. The fourth-order valence-electron chi connectivity index (χ4n) is 2.51. The molecule has 0 bridgehead atoms. The zero-order chi connectivity index (χ0) is 13.1. The van der Waals surface area contributed by atoms with Gasteiger partial charge in [0.2, 0.25) is 0 Å². The van der Waals surface area contributed by atoms with E-state index in [2.05, 4.69) is 24.0 Å². The number of benzene rings is 1. The van der Waals surface area contributed by atoms with E-state index in [0.717, 1.165) is 13.0 Å². The number of nitrogens with zero attached hydrogens (tertiary/aromatic N) is 1. The van der Waals surface area contributed by atoms with Crippen molar-refractivity contribution in [2.24, 2.45) is 5.73 Å². The molecule has 4 N–H and O–H groups in total. The molecular weight excluding hydrogens is 228 g/mol. The molecule has 3 unspecified atom stereocenters. The molecule has 1 heterocycles. The van der Waals surface area contributed by atoms with E-state index in [0.29, 0.717) is 13.1 Å². The number of hydrogen-bond acceptors (Lipinski definition) is 4. The SMILES string of the molecule is Cc1ccccc1C(N)CCN1CC(O)C(O)C1. The van der Waals surface area contributed by atoms with Crippen molar-refractivity contribution in [3.8, 4) is 0 Å². The molecular formula is C14H22N2O2. The molecule has 1 aliphatic rings. The van der Waals surface area contributed by atoms with Crippen LogP contribution in [0.15, 0.2) is 24.3 Å². The van der Waals surface area contributed by atoms with Gasteiger partial charge in [0.25, 0.3) is 0 Å². The molecule has 1 aromatic carbocycles. The third kappa shape index (κ3) is 3.09. The Hall–Kier alpha value is -0.940. The smallest absolute Gasteiger partial charge is 0.0938 e. The van der Waals surface area contributed by atoms with Crippen molar-refractivity contribution >= 4 is 0 Å². The van der Waals surface area contributed by atoms with Crippen LogP contribution in [0.25, 0.3) is 0 Å². The van der Waals surface area contributed by atoms with Gasteiger partial charge in [-0.15, -0.1) is 0 Å². The monoisotopic (exact) mass is 250 g/mol. The highest BCUT2D eigenvalue weighted by Gasteiger charge is 2.29. The van der Waals surface area contributed by atoms with Gasteiger partial charge in [0, 0.05) is 25.7 Å². The first kappa shape index (κ1) is 13.5. The second kappa shape index (κ2) is 5.80. The second-order valence-electron chi connectivity index (χ2n) is 5.15. The van der Waals surface area contributed by atoms with E-state index < -0.39 is 12.2 Å². The van der Waals surface area contributed by atoms with Crippen molar-refractivity contribution in [3.63, 3.8) is 0 Å². The number of aliphatic hydroxyl groups is 2. The van der Waals surface area contributed by atoms with E-state index in [1.807, 2.05) is 12.1 Å². The zero-order valence-corrected chi connectivity index (χ0v) is 10.8. The van der Waals surface area contributed by atoms with Crippen LogP contribution in [0.3, 0.4) is 0 Å². The van der Waals surface area contributed by atoms with E-state index in [1.54, 1.807) is 0 Å². The van der Waals surface area contributed by atoms with E-state index in [-0.39, 0.29) is 6.04 Å². The maximum Gasteiger partial charge on any atom is 0.0938 e. The van der Waals surface area contributed by atoms with Crippen LogP contribution in [0.2, 0.25) is 0 Å². The van der Waals surface area contributed by atoms with Gasteiger partial charge in [-0.3, -0.25) is 4.90 Å². The largest absolute Gasteiger partial charge is 0.389 e. The van der Waals surface area contributed by atoms with E-state index in [9.17, 15) is 10.2 Å². The number of hydrogen-bond donors (Lipinski definition) is 3. The summed E-state index contributed by atoms with van der Waals surface area (Å²) in [7, 11) is 0. The Bertz CT molecular complexity index is 387. The predicted octanol–water partition coefficient (Wildman–Crippen LogP) is 0.422. The topological polar surface area (TPSA) is 69.7 Å². The molecule has 0 aromatic heterocycles. The molecule has 100 valence electrons. The minimum absolute atomic E-state index is 0.0149. The number of aryl methyl sites for hydroxylation is 1. The third-order valence-electron chi connectivity index (χ3n) is 3.68. The summed E-state index contributed by atoms with van der Waals surface area (Å²) in [5, 5.41) is 18.9. The molecule has 1 aromatic rings. The Morgan fingerprint density at radius 3 is 2.50 bits per heavy atom. The van der Waals surface area contributed by atoms with Crippen LogP contribution in [0, 0.1) is 6.92 Å². The second-order valence-corrected chi connectivity index (χ2v) is 5.15. The standard InChI is InChI=1S/C14H22N2O2/c1-10-4-2-3-5-11(10)12(15)6-7-16-8-13(17)14(18)9-16/h2-5,12-14,17-18H,6-9,15H2,1H3. The number of rotatable bonds is 4. The molecule has 1 fully saturated rings. The minimum atomic E-state index is -0.611.